The number of anilines is 1. The van der Waals surface area contributed by atoms with Gasteiger partial charge in [0.15, 0.2) is 0 Å². The maximum Gasteiger partial charge on any atom is 0.460 e. The van der Waals surface area contributed by atoms with Gasteiger partial charge in [-0.2, -0.15) is 30.7 Å². The highest BCUT2D eigenvalue weighted by atomic mass is 19.4. The number of hydrogen-bond acceptors (Lipinski definition) is 2. The highest BCUT2D eigenvalue weighted by molar-refractivity contribution is 5.96. The summed E-state index contributed by atoms with van der Waals surface area (Å²) in [6, 6.07) is 7.63. The molecule has 0 fully saturated rings. The van der Waals surface area contributed by atoms with Crippen LogP contribution in [0.3, 0.4) is 0 Å². The van der Waals surface area contributed by atoms with E-state index in [-0.39, 0.29) is 6.08 Å². The molecular formula is C12H8F7NO. The minimum absolute atomic E-state index is 0.0767. The number of hydrogen-bond donors (Lipinski definition) is 1. The van der Waals surface area contributed by atoms with Crippen LogP contribution in [0.25, 0.3) is 0 Å². The Morgan fingerprint density at radius 3 is 1.95 bits per heavy atom. The van der Waals surface area contributed by atoms with Crippen molar-refractivity contribution >= 4 is 11.5 Å². The number of halogens is 7. The summed E-state index contributed by atoms with van der Waals surface area (Å²) in [5, 5.41) is 2.28. The second-order valence-electron chi connectivity index (χ2n) is 3.85. The van der Waals surface area contributed by atoms with Crippen molar-refractivity contribution in [3.8, 4) is 0 Å². The van der Waals surface area contributed by atoms with Crippen LogP contribution in [0.15, 0.2) is 42.6 Å². The normalized spacial score (nSPS) is 13.5. The van der Waals surface area contributed by atoms with Crippen LogP contribution in [0, 0.1) is 0 Å². The van der Waals surface area contributed by atoms with Crippen LogP contribution in [0.1, 0.15) is 0 Å². The molecule has 2 nitrogen and oxygen atoms in total. The maximum atomic E-state index is 12.9. The van der Waals surface area contributed by atoms with Crippen LogP contribution in [-0.2, 0) is 4.79 Å². The lowest BCUT2D eigenvalue weighted by molar-refractivity contribution is -0.342. The molecule has 1 aromatic rings. The van der Waals surface area contributed by atoms with Crippen LogP contribution in [-0.4, -0.2) is 23.8 Å². The third-order valence-corrected chi connectivity index (χ3v) is 2.32. The van der Waals surface area contributed by atoms with E-state index in [1.165, 1.54) is 12.1 Å². The summed E-state index contributed by atoms with van der Waals surface area (Å²) in [6.45, 7) is 0. The number of alkyl halides is 7. The number of carbonyl (C=O) groups is 1. The van der Waals surface area contributed by atoms with Crippen molar-refractivity contribution in [3.05, 3.63) is 42.6 Å². The van der Waals surface area contributed by atoms with Crippen molar-refractivity contribution in [2.75, 3.05) is 5.32 Å². The fourth-order valence-corrected chi connectivity index (χ4v) is 1.19. The summed E-state index contributed by atoms with van der Waals surface area (Å²) in [7, 11) is 0. The van der Waals surface area contributed by atoms with Crippen molar-refractivity contribution in [3.63, 3.8) is 0 Å². The molecule has 21 heavy (non-hydrogen) atoms. The molecule has 0 spiro atoms. The smallest absolute Gasteiger partial charge is 0.362 e. The molecule has 116 valence electrons. The van der Waals surface area contributed by atoms with Crippen LogP contribution >= 0.6 is 0 Å². The first-order valence-electron chi connectivity index (χ1n) is 5.35. The first-order chi connectivity index (χ1) is 9.50. The van der Waals surface area contributed by atoms with Gasteiger partial charge in [-0.25, -0.2) is 0 Å². The van der Waals surface area contributed by atoms with Gasteiger partial charge < -0.3 is 5.32 Å². The Kier molecular flexibility index (Phi) is 4.65. The summed E-state index contributed by atoms with van der Waals surface area (Å²) in [5.74, 6) is -15.0. The summed E-state index contributed by atoms with van der Waals surface area (Å²) in [4.78, 5) is 10.9. The van der Waals surface area contributed by atoms with Crippen LogP contribution in [0.5, 0.6) is 0 Å². The van der Waals surface area contributed by atoms with E-state index in [9.17, 15) is 35.5 Å². The maximum absolute atomic E-state index is 12.9. The fourth-order valence-electron chi connectivity index (χ4n) is 1.19. The Labute approximate surface area is 114 Å². The molecule has 0 atom stereocenters. The second kappa shape index (κ2) is 5.74. The van der Waals surface area contributed by atoms with Crippen molar-refractivity contribution < 1.29 is 35.5 Å². The molecule has 0 amide bonds. The van der Waals surface area contributed by atoms with E-state index in [0.29, 0.717) is 11.9 Å². The van der Waals surface area contributed by atoms with Gasteiger partial charge in [-0.3, -0.25) is 4.79 Å². The molecule has 0 unspecified atom stereocenters. The lowest BCUT2D eigenvalue weighted by atomic mass is 10.1. The first-order valence-corrected chi connectivity index (χ1v) is 5.35. The number of nitrogens with one attached hydrogen (secondary N) is 1. The van der Waals surface area contributed by atoms with Crippen LogP contribution in [0.4, 0.5) is 36.4 Å². The molecule has 0 bridgehead atoms. The highest BCUT2D eigenvalue weighted by Crippen LogP contribution is 2.46. The standard InChI is InChI=1S/C12H8F7NO/c13-10(14,11(15,16)12(17,18)19)9(21)6-7-20-8-4-2-1-3-5-8/h1-7,20H/b7-6+. The van der Waals surface area contributed by atoms with Crippen molar-refractivity contribution in [1.82, 2.24) is 0 Å². The number of benzene rings is 1. The van der Waals surface area contributed by atoms with Gasteiger partial charge in [-0.1, -0.05) is 18.2 Å². The molecule has 0 saturated carbocycles. The molecule has 0 radical (unpaired) electrons. The van der Waals surface area contributed by atoms with Gasteiger partial charge >= 0.3 is 18.0 Å². The topological polar surface area (TPSA) is 29.1 Å². The third-order valence-electron chi connectivity index (χ3n) is 2.32. The Hall–Kier alpha value is -2.06. The molecule has 9 heteroatoms. The zero-order valence-electron chi connectivity index (χ0n) is 10.1. The molecule has 1 aromatic carbocycles. The van der Waals surface area contributed by atoms with Gasteiger partial charge in [-0.15, -0.1) is 0 Å². The van der Waals surface area contributed by atoms with Gasteiger partial charge in [0.2, 0.25) is 5.78 Å². The highest BCUT2D eigenvalue weighted by Gasteiger charge is 2.75. The molecule has 0 saturated heterocycles. The predicted octanol–water partition coefficient (Wildman–Crippen LogP) is 4.01. The molecule has 0 aliphatic heterocycles. The molecular weight excluding hydrogens is 307 g/mol. The summed E-state index contributed by atoms with van der Waals surface area (Å²) >= 11 is 0. The predicted molar refractivity (Wildman–Crippen MR) is 60.2 cm³/mol. The fraction of sp³-hybridized carbons (Fsp3) is 0.250. The molecule has 1 rings (SSSR count). The van der Waals surface area contributed by atoms with Crippen LogP contribution < -0.4 is 5.32 Å². The number of rotatable bonds is 5. The second-order valence-corrected chi connectivity index (χ2v) is 3.85. The molecule has 0 heterocycles. The van der Waals surface area contributed by atoms with E-state index in [4.69, 9.17) is 0 Å². The van der Waals surface area contributed by atoms with Gasteiger partial charge in [0.05, 0.1) is 0 Å². The summed E-state index contributed by atoms with van der Waals surface area (Å²) in [6.07, 6.45) is -6.06. The Balaban J connectivity index is 2.83. The third kappa shape index (κ3) is 3.53. The first kappa shape index (κ1) is 17.0. The van der Waals surface area contributed by atoms with Gasteiger partial charge in [-0.05, 0) is 12.1 Å². The van der Waals surface area contributed by atoms with Crippen molar-refractivity contribution in [1.29, 1.82) is 0 Å². The van der Waals surface area contributed by atoms with Gasteiger partial charge in [0.1, 0.15) is 0 Å². The zero-order valence-corrected chi connectivity index (χ0v) is 10.1. The number of carbonyl (C=O) groups excluding carboxylic acids is 1. The molecule has 0 aliphatic rings. The Bertz CT molecular complexity index is 522. The minimum atomic E-state index is -6.53. The number of allylic oxidation sites excluding steroid dienone is 1. The lowest BCUT2D eigenvalue weighted by Crippen LogP contribution is -2.55. The summed E-state index contributed by atoms with van der Waals surface area (Å²) < 4.78 is 86.5. The van der Waals surface area contributed by atoms with E-state index >= 15 is 0 Å². The molecule has 1 N–H and O–H groups in total. The van der Waals surface area contributed by atoms with Crippen LogP contribution in [0.2, 0.25) is 0 Å². The molecule has 0 aliphatic carbocycles. The lowest BCUT2D eigenvalue weighted by Gasteiger charge is -2.26. The Morgan fingerprint density at radius 2 is 1.48 bits per heavy atom. The van der Waals surface area contributed by atoms with Crippen molar-refractivity contribution in [2.24, 2.45) is 0 Å². The monoisotopic (exact) mass is 315 g/mol. The van der Waals surface area contributed by atoms with Gasteiger partial charge in [0, 0.05) is 18.0 Å². The number of ketones is 1. The quantitative estimate of drug-likeness (QED) is 0.657. The van der Waals surface area contributed by atoms with E-state index in [0.717, 1.165) is 0 Å². The average molecular weight is 315 g/mol. The molecule has 0 aromatic heterocycles. The minimum Gasteiger partial charge on any atom is -0.362 e. The van der Waals surface area contributed by atoms with E-state index in [1.807, 2.05) is 0 Å². The van der Waals surface area contributed by atoms with Crippen molar-refractivity contribution in [2.45, 2.75) is 18.0 Å². The number of para-hydroxylation sites is 1. The Morgan fingerprint density at radius 1 is 0.952 bits per heavy atom. The average Bonchev–Trinajstić information content (AvgIpc) is 2.38. The van der Waals surface area contributed by atoms with E-state index < -0.39 is 23.8 Å². The van der Waals surface area contributed by atoms with E-state index in [1.54, 1.807) is 18.2 Å². The zero-order chi connectivity index (χ0) is 16.3. The largest absolute Gasteiger partial charge is 0.460 e. The van der Waals surface area contributed by atoms with E-state index in [2.05, 4.69) is 5.32 Å². The SMILES string of the molecule is O=C(/C=C/Nc1ccccc1)C(F)(F)C(F)(F)C(F)(F)F. The van der Waals surface area contributed by atoms with Gasteiger partial charge in [0.25, 0.3) is 0 Å². The summed E-state index contributed by atoms with van der Waals surface area (Å²) in [5.41, 5.74) is 0.326.